The van der Waals surface area contributed by atoms with Crippen LogP contribution in [-0.4, -0.2) is 47.3 Å². The fourth-order valence-corrected chi connectivity index (χ4v) is 4.35. The average molecular weight is 430 g/mol. The summed E-state index contributed by atoms with van der Waals surface area (Å²) < 4.78 is 16.0. The predicted molar refractivity (Wildman–Crippen MR) is 114 cm³/mol. The minimum atomic E-state index is -1.02. The summed E-state index contributed by atoms with van der Waals surface area (Å²) in [6.07, 6.45) is 2.11. The van der Waals surface area contributed by atoms with Crippen molar-refractivity contribution in [3.8, 4) is 0 Å². The summed E-state index contributed by atoms with van der Waals surface area (Å²) in [5.41, 5.74) is 0.136. The van der Waals surface area contributed by atoms with E-state index in [0.717, 1.165) is 5.56 Å². The van der Waals surface area contributed by atoms with Crippen LogP contribution in [0.5, 0.6) is 0 Å². The molecule has 1 aromatic carbocycles. The van der Waals surface area contributed by atoms with Gasteiger partial charge in [0.15, 0.2) is 6.10 Å². The van der Waals surface area contributed by atoms with E-state index in [1.165, 1.54) is 6.92 Å². The van der Waals surface area contributed by atoms with Crippen molar-refractivity contribution in [3.63, 3.8) is 0 Å². The van der Waals surface area contributed by atoms with E-state index in [1.807, 2.05) is 57.2 Å². The van der Waals surface area contributed by atoms with Crippen molar-refractivity contribution < 1.29 is 28.6 Å². The summed E-state index contributed by atoms with van der Waals surface area (Å²) in [6, 6.07) is 9.34. The van der Waals surface area contributed by atoms with Crippen LogP contribution in [0.15, 0.2) is 42.0 Å². The molecule has 2 aliphatic rings. The van der Waals surface area contributed by atoms with E-state index in [9.17, 15) is 14.4 Å². The third-order valence-electron chi connectivity index (χ3n) is 5.66. The minimum absolute atomic E-state index is 0.206. The zero-order valence-corrected chi connectivity index (χ0v) is 18.8. The summed E-state index contributed by atoms with van der Waals surface area (Å²) in [5.74, 6) is -1.20. The number of amides is 1. The SMILES string of the molecule is CCOC(=O)[C@H](C)OC(=O)C1=CC[C@]2(c3ccccc3)CC[C@H]1N2C(=O)OC(C)(C)C. The van der Waals surface area contributed by atoms with Gasteiger partial charge in [-0.2, -0.15) is 0 Å². The smallest absolute Gasteiger partial charge is 0.411 e. The summed E-state index contributed by atoms with van der Waals surface area (Å²) in [7, 11) is 0. The lowest BCUT2D eigenvalue weighted by molar-refractivity contribution is -0.164. The topological polar surface area (TPSA) is 82.1 Å². The summed E-state index contributed by atoms with van der Waals surface area (Å²) in [5, 5.41) is 0. The van der Waals surface area contributed by atoms with E-state index in [1.54, 1.807) is 11.8 Å². The Morgan fingerprint density at radius 1 is 1.19 bits per heavy atom. The largest absolute Gasteiger partial charge is 0.463 e. The van der Waals surface area contributed by atoms with E-state index >= 15 is 0 Å². The van der Waals surface area contributed by atoms with Crippen LogP contribution in [0.1, 0.15) is 59.4 Å². The molecular formula is C24H31NO6. The monoisotopic (exact) mass is 429 g/mol. The van der Waals surface area contributed by atoms with Gasteiger partial charge >= 0.3 is 18.0 Å². The van der Waals surface area contributed by atoms with Gasteiger partial charge in [0.05, 0.1) is 23.8 Å². The van der Waals surface area contributed by atoms with Crippen molar-refractivity contribution in [1.29, 1.82) is 0 Å². The fraction of sp³-hybridized carbons (Fsp3) is 0.542. The van der Waals surface area contributed by atoms with E-state index in [4.69, 9.17) is 14.2 Å². The van der Waals surface area contributed by atoms with E-state index in [2.05, 4.69) is 0 Å². The Kier molecular flexibility index (Phi) is 6.43. The van der Waals surface area contributed by atoms with Gasteiger partial charge in [0.2, 0.25) is 0 Å². The number of esters is 2. The maximum absolute atomic E-state index is 13.3. The van der Waals surface area contributed by atoms with Gasteiger partial charge < -0.3 is 14.2 Å². The lowest BCUT2D eigenvalue weighted by Gasteiger charge is -2.44. The van der Waals surface area contributed by atoms with Gasteiger partial charge in [0, 0.05) is 0 Å². The summed E-state index contributed by atoms with van der Waals surface area (Å²) in [4.78, 5) is 39.8. The highest BCUT2D eigenvalue weighted by molar-refractivity contribution is 5.93. The fourth-order valence-electron chi connectivity index (χ4n) is 4.35. The molecule has 1 aromatic rings. The lowest BCUT2D eigenvalue weighted by atomic mass is 9.83. The Balaban J connectivity index is 1.92. The molecule has 3 rings (SSSR count). The lowest BCUT2D eigenvalue weighted by Crippen LogP contribution is -2.53. The Bertz CT molecular complexity index is 872. The molecule has 2 heterocycles. The molecule has 0 N–H and O–H groups in total. The third kappa shape index (κ3) is 4.60. The Morgan fingerprint density at radius 3 is 2.48 bits per heavy atom. The number of rotatable bonds is 5. The zero-order chi connectivity index (χ0) is 22.8. The number of hydrogen-bond donors (Lipinski definition) is 0. The zero-order valence-electron chi connectivity index (χ0n) is 18.8. The number of benzene rings is 1. The van der Waals surface area contributed by atoms with Crippen molar-refractivity contribution in [2.24, 2.45) is 0 Å². The van der Waals surface area contributed by atoms with Crippen LogP contribution in [0, 0.1) is 0 Å². The molecule has 0 saturated carbocycles. The third-order valence-corrected chi connectivity index (χ3v) is 5.66. The van der Waals surface area contributed by atoms with Gasteiger partial charge in [-0.1, -0.05) is 36.4 Å². The maximum atomic E-state index is 13.3. The second kappa shape index (κ2) is 8.73. The molecule has 7 nitrogen and oxygen atoms in total. The number of hydrogen-bond acceptors (Lipinski definition) is 6. The Morgan fingerprint density at radius 2 is 1.87 bits per heavy atom. The second-order valence-electron chi connectivity index (χ2n) is 8.97. The Labute approximate surface area is 183 Å². The van der Waals surface area contributed by atoms with Crippen LogP contribution in [0.4, 0.5) is 4.79 Å². The van der Waals surface area contributed by atoms with Crippen LogP contribution in [0.25, 0.3) is 0 Å². The first kappa shape index (κ1) is 22.8. The van der Waals surface area contributed by atoms with Gasteiger partial charge in [0.25, 0.3) is 0 Å². The van der Waals surface area contributed by atoms with Gasteiger partial charge in [-0.05, 0) is 59.4 Å². The number of carbonyl (C=O) groups is 3. The highest BCUT2D eigenvalue weighted by Gasteiger charge is 2.55. The van der Waals surface area contributed by atoms with E-state index in [-0.39, 0.29) is 6.61 Å². The maximum Gasteiger partial charge on any atom is 0.411 e. The molecule has 0 aromatic heterocycles. The number of carbonyl (C=O) groups excluding carboxylic acids is 3. The van der Waals surface area contributed by atoms with Gasteiger partial charge in [0.1, 0.15) is 5.60 Å². The number of fused-ring (bicyclic) bond motifs is 2. The molecule has 1 amide bonds. The molecule has 1 saturated heterocycles. The van der Waals surface area contributed by atoms with Gasteiger partial charge in [-0.25, -0.2) is 14.4 Å². The van der Waals surface area contributed by atoms with E-state index < -0.39 is 41.3 Å². The Hall–Kier alpha value is -2.83. The van der Waals surface area contributed by atoms with E-state index in [0.29, 0.717) is 24.8 Å². The molecule has 0 radical (unpaired) electrons. The summed E-state index contributed by atoms with van der Waals surface area (Å²) in [6.45, 7) is 8.83. The van der Waals surface area contributed by atoms with Crippen LogP contribution < -0.4 is 0 Å². The van der Waals surface area contributed by atoms with Gasteiger partial charge in [-0.15, -0.1) is 0 Å². The molecule has 31 heavy (non-hydrogen) atoms. The van der Waals surface area contributed by atoms with Crippen LogP contribution in [0.3, 0.4) is 0 Å². The molecule has 0 aliphatic carbocycles. The van der Waals surface area contributed by atoms with Crippen LogP contribution in [-0.2, 0) is 29.3 Å². The predicted octanol–water partition coefficient (Wildman–Crippen LogP) is 4.11. The average Bonchev–Trinajstić information content (AvgIpc) is 2.98. The van der Waals surface area contributed by atoms with Crippen LogP contribution in [0.2, 0.25) is 0 Å². The van der Waals surface area contributed by atoms with Crippen molar-refractivity contribution in [2.45, 2.75) is 77.2 Å². The van der Waals surface area contributed by atoms with Crippen molar-refractivity contribution in [1.82, 2.24) is 4.90 Å². The molecular weight excluding hydrogens is 398 g/mol. The van der Waals surface area contributed by atoms with Crippen molar-refractivity contribution >= 4 is 18.0 Å². The first-order valence-electron chi connectivity index (χ1n) is 10.7. The first-order valence-corrected chi connectivity index (χ1v) is 10.7. The molecule has 3 atom stereocenters. The molecule has 2 aliphatic heterocycles. The molecule has 7 heteroatoms. The number of nitrogens with zero attached hydrogens (tertiary/aromatic N) is 1. The highest BCUT2D eigenvalue weighted by Crippen LogP contribution is 2.51. The van der Waals surface area contributed by atoms with Crippen molar-refractivity contribution in [2.75, 3.05) is 6.61 Å². The standard InChI is InChI=1S/C24H31NO6/c1-6-29-20(26)16(2)30-21(27)18-12-14-24(17-10-8-7-9-11-17)15-13-19(18)25(24)22(28)31-23(3,4)5/h7-12,16,19H,6,13-15H2,1-5H3/t16-,19+,24+/m0/s1. The first-order chi connectivity index (χ1) is 14.6. The number of ether oxygens (including phenoxy) is 3. The molecule has 0 spiro atoms. The second-order valence-corrected chi connectivity index (χ2v) is 8.97. The van der Waals surface area contributed by atoms with Crippen molar-refractivity contribution in [3.05, 3.63) is 47.5 Å². The van der Waals surface area contributed by atoms with Gasteiger partial charge in [-0.3, -0.25) is 4.90 Å². The minimum Gasteiger partial charge on any atom is -0.463 e. The quantitative estimate of drug-likeness (QED) is 0.518. The molecule has 1 fully saturated rings. The normalized spacial score (nSPS) is 23.6. The summed E-state index contributed by atoms with van der Waals surface area (Å²) >= 11 is 0. The van der Waals surface area contributed by atoms with Crippen LogP contribution >= 0.6 is 0 Å². The molecule has 168 valence electrons. The molecule has 2 bridgehead atoms. The highest BCUT2D eigenvalue weighted by atomic mass is 16.6. The molecule has 0 unspecified atom stereocenters.